The second-order valence-corrected chi connectivity index (χ2v) is 4.80. The molecule has 3 aromatic rings. The first kappa shape index (κ1) is 13.4. The molecule has 3 rings (SSSR count). The van der Waals surface area contributed by atoms with Gasteiger partial charge in [0.25, 0.3) is 0 Å². The minimum Gasteiger partial charge on any atom is -0.463 e. The Bertz CT molecular complexity index is 761. The second kappa shape index (κ2) is 5.83. The Morgan fingerprint density at radius 2 is 1.62 bits per heavy atom. The SMILES string of the molecule is CCOC(=O)/C=C/Cn1c2ccccc2c2ccccc21. The zero-order valence-electron chi connectivity index (χ0n) is 12.0. The van der Waals surface area contributed by atoms with Crippen molar-refractivity contribution in [3.05, 3.63) is 60.7 Å². The van der Waals surface area contributed by atoms with Crippen molar-refractivity contribution >= 4 is 27.8 Å². The van der Waals surface area contributed by atoms with Gasteiger partial charge in [0.2, 0.25) is 0 Å². The van der Waals surface area contributed by atoms with Crippen LogP contribution >= 0.6 is 0 Å². The molecule has 0 aliphatic rings. The molecule has 106 valence electrons. The molecule has 3 nitrogen and oxygen atoms in total. The van der Waals surface area contributed by atoms with Crippen molar-refractivity contribution in [3.63, 3.8) is 0 Å². The van der Waals surface area contributed by atoms with Crippen LogP contribution in [0.3, 0.4) is 0 Å². The van der Waals surface area contributed by atoms with Gasteiger partial charge >= 0.3 is 5.97 Å². The lowest BCUT2D eigenvalue weighted by molar-refractivity contribution is -0.137. The van der Waals surface area contributed by atoms with E-state index < -0.39 is 0 Å². The third-order valence-corrected chi connectivity index (χ3v) is 3.51. The standard InChI is InChI=1S/C18H17NO2/c1-2-21-18(20)12-7-13-19-16-10-5-3-8-14(16)15-9-4-6-11-17(15)19/h3-12H,2,13H2,1H3/b12-7+. The van der Waals surface area contributed by atoms with E-state index in [4.69, 9.17) is 4.74 Å². The van der Waals surface area contributed by atoms with E-state index in [0.29, 0.717) is 13.2 Å². The van der Waals surface area contributed by atoms with E-state index in [2.05, 4.69) is 28.8 Å². The van der Waals surface area contributed by atoms with Gasteiger partial charge in [-0.25, -0.2) is 4.79 Å². The number of esters is 1. The smallest absolute Gasteiger partial charge is 0.330 e. The first-order valence-corrected chi connectivity index (χ1v) is 7.10. The van der Waals surface area contributed by atoms with Crippen molar-refractivity contribution in [1.82, 2.24) is 4.57 Å². The molecule has 0 spiro atoms. The van der Waals surface area contributed by atoms with Crippen LogP contribution in [-0.4, -0.2) is 17.1 Å². The van der Waals surface area contributed by atoms with Gasteiger partial charge in [0.05, 0.1) is 6.61 Å². The highest BCUT2D eigenvalue weighted by Crippen LogP contribution is 2.28. The normalized spacial score (nSPS) is 11.5. The van der Waals surface area contributed by atoms with E-state index in [1.165, 1.54) is 27.9 Å². The van der Waals surface area contributed by atoms with Crippen molar-refractivity contribution in [1.29, 1.82) is 0 Å². The van der Waals surface area contributed by atoms with Crippen LogP contribution in [0.2, 0.25) is 0 Å². The molecule has 0 bridgehead atoms. The van der Waals surface area contributed by atoms with Crippen LogP contribution in [-0.2, 0) is 16.1 Å². The minimum atomic E-state index is -0.293. The molecule has 0 saturated heterocycles. The maximum atomic E-state index is 11.4. The summed E-state index contributed by atoms with van der Waals surface area (Å²) in [5.41, 5.74) is 2.35. The molecular weight excluding hydrogens is 262 g/mol. The Morgan fingerprint density at radius 1 is 1.05 bits per heavy atom. The molecule has 21 heavy (non-hydrogen) atoms. The third kappa shape index (κ3) is 2.55. The van der Waals surface area contributed by atoms with Crippen LogP contribution < -0.4 is 0 Å². The van der Waals surface area contributed by atoms with Gasteiger partial charge in [0.1, 0.15) is 0 Å². The minimum absolute atomic E-state index is 0.293. The number of carbonyl (C=O) groups excluding carboxylic acids is 1. The summed E-state index contributed by atoms with van der Waals surface area (Å²) in [6.07, 6.45) is 3.34. The van der Waals surface area contributed by atoms with Gasteiger partial charge in [-0.05, 0) is 19.1 Å². The predicted octanol–water partition coefficient (Wildman–Crippen LogP) is 3.91. The predicted molar refractivity (Wildman–Crippen MR) is 85.2 cm³/mol. The summed E-state index contributed by atoms with van der Waals surface area (Å²) in [4.78, 5) is 11.4. The van der Waals surface area contributed by atoms with E-state index in [0.717, 1.165) is 0 Å². The number of carbonyl (C=O) groups is 1. The van der Waals surface area contributed by atoms with Gasteiger partial charge in [-0.2, -0.15) is 0 Å². The first-order valence-electron chi connectivity index (χ1n) is 7.10. The lowest BCUT2D eigenvalue weighted by atomic mass is 10.2. The maximum absolute atomic E-state index is 11.4. The first-order chi connectivity index (χ1) is 10.3. The Hall–Kier alpha value is -2.55. The molecule has 3 heteroatoms. The number of allylic oxidation sites excluding steroid dienone is 1. The zero-order valence-corrected chi connectivity index (χ0v) is 12.0. The van der Waals surface area contributed by atoms with Crippen LogP contribution in [0.5, 0.6) is 0 Å². The number of ether oxygens (including phenoxy) is 1. The van der Waals surface area contributed by atoms with Gasteiger partial charge in [0, 0.05) is 34.4 Å². The van der Waals surface area contributed by atoms with Gasteiger partial charge < -0.3 is 9.30 Å². The monoisotopic (exact) mass is 279 g/mol. The highest BCUT2D eigenvalue weighted by Gasteiger charge is 2.08. The van der Waals surface area contributed by atoms with E-state index in [1.54, 1.807) is 6.92 Å². The Morgan fingerprint density at radius 3 is 2.19 bits per heavy atom. The molecule has 1 aromatic heterocycles. The Kier molecular flexibility index (Phi) is 3.73. The van der Waals surface area contributed by atoms with Crippen molar-refractivity contribution in [3.8, 4) is 0 Å². The summed E-state index contributed by atoms with van der Waals surface area (Å²) in [6.45, 7) is 2.85. The van der Waals surface area contributed by atoms with Crippen molar-refractivity contribution < 1.29 is 9.53 Å². The number of aromatic nitrogens is 1. The fraction of sp³-hybridized carbons (Fsp3) is 0.167. The Balaban J connectivity index is 2.02. The van der Waals surface area contributed by atoms with E-state index in [9.17, 15) is 4.79 Å². The molecule has 2 aromatic carbocycles. The van der Waals surface area contributed by atoms with Crippen LogP contribution in [0.1, 0.15) is 6.92 Å². The van der Waals surface area contributed by atoms with E-state index >= 15 is 0 Å². The van der Waals surface area contributed by atoms with Crippen molar-refractivity contribution in [2.75, 3.05) is 6.61 Å². The number of benzene rings is 2. The van der Waals surface area contributed by atoms with Crippen LogP contribution in [0.4, 0.5) is 0 Å². The number of hydrogen-bond acceptors (Lipinski definition) is 2. The third-order valence-electron chi connectivity index (χ3n) is 3.51. The van der Waals surface area contributed by atoms with Crippen LogP contribution in [0.15, 0.2) is 60.7 Å². The fourth-order valence-electron chi connectivity index (χ4n) is 2.64. The average molecular weight is 279 g/mol. The largest absolute Gasteiger partial charge is 0.463 e. The summed E-state index contributed by atoms with van der Waals surface area (Å²) in [7, 11) is 0. The quantitative estimate of drug-likeness (QED) is 0.535. The summed E-state index contributed by atoms with van der Waals surface area (Å²) in [6, 6.07) is 16.6. The lowest BCUT2D eigenvalue weighted by Gasteiger charge is -2.03. The van der Waals surface area contributed by atoms with Crippen molar-refractivity contribution in [2.45, 2.75) is 13.5 Å². The molecule has 0 saturated carbocycles. The fourth-order valence-corrected chi connectivity index (χ4v) is 2.64. The van der Waals surface area contributed by atoms with E-state index in [1.807, 2.05) is 30.3 Å². The average Bonchev–Trinajstić information content (AvgIpc) is 2.83. The summed E-state index contributed by atoms with van der Waals surface area (Å²) in [5.74, 6) is -0.293. The number of nitrogens with zero attached hydrogens (tertiary/aromatic N) is 1. The van der Waals surface area contributed by atoms with Gasteiger partial charge in [-0.3, -0.25) is 0 Å². The van der Waals surface area contributed by atoms with Gasteiger partial charge in [-0.15, -0.1) is 0 Å². The summed E-state index contributed by atoms with van der Waals surface area (Å²) in [5, 5.41) is 2.47. The number of fused-ring (bicyclic) bond motifs is 3. The molecule has 0 fully saturated rings. The number of para-hydroxylation sites is 2. The van der Waals surface area contributed by atoms with Crippen LogP contribution in [0.25, 0.3) is 21.8 Å². The molecule has 0 aliphatic carbocycles. The van der Waals surface area contributed by atoms with Gasteiger partial charge in [-0.1, -0.05) is 42.5 Å². The summed E-state index contributed by atoms with van der Waals surface area (Å²) < 4.78 is 7.11. The topological polar surface area (TPSA) is 31.2 Å². The number of hydrogen-bond donors (Lipinski definition) is 0. The molecule has 0 aliphatic heterocycles. The lowest BCUT2D eigenvalue weighted by Crippen LogP contribution is -2.00. The molecule has 0 amide bonds. The second-order valence-electron chi connectivity index (χ2n) is 4.80. The molecule has 0 unspecified atom stereocenters. The Labute approximate surface area is 123 Å². The highest BCUT2D eigenvalue weighted by atomic mass is 16.5. The molecular formula is C18H17NO2. The zero-order chi connectivity index (χ0) is 14.7. The van der Waals surface area contributed by atoms with Gasteiger partial charge in [0.15, 0.2) is 0 Å². The summed E-state index contributed by atoms with van der Waals surface area (Å²) >= 11 is 0. The molecule has 0 radical (unpaired) electrons. The van der Waals surface area contributed by atoms with E-state index in [-0.39, 0.29) is 5.97 Å². The number of rotatable bonds is 4. The highest BCUT2D eigenvalue weighted by molar-refractivity contribution is 6.08. The maximum Gasteiger partial charge on any atom is 0.330 e. The van der Waals surface area contributed by atoms with Crippen LogP contribution in [0, 0.1) is 0 Å². The molecule has 0 atom stereocenters. The molecule has 0 N–H and O–H groups in total. The molecule has 1 heterocycles. The van der Waals surface area contributed by atoms with Crippen molar-refractivity contribution in [2.24, 2.45) is 0 Å².